The maximum atomic E-state index is 11.9. The number of carbonyl (C=O) groups excluding carboxylic acids is 1. The van der Waals surface area contributed by atoms with Gasteiger partial charge in [-0.3, -0.25) is 4.79 Å². The van der Waals surface area contributed by atoms with Crippen LogP contribution in [0.1, 0.15) is 6.42 Å². The molecule has 2 N–H and O–H groups in total. The van der Waals surface area contributed by atoms with Gasteiger partial charge >= 0.3 is 0 Å². The molecule has 108 valence electrons. The van der Waals surface area contributed by atoms with Crippen LogP contribution in [0.25, 0.3) is 0 Å². The molecule has 1 aromatic rings. The molecule has 2 heterocycles. The van der Waals surface area contributed by atoms with Gasteiger partial charge in [-0.25, -0.2) is 0 Å². The third-order valence-electron chi connectivity index (χ3n) is 4.23. The minimum absolute atomic E-state index is 0.0578. The number of carbonyl (C=O) groups is 1. The zero-order chi connectivity index (χ0) is 13.9. The van der Waals surface area contributed by atoms with E-state index in [0.717, 1.165) is 50.2 Å². The first-order chi connectivity index (χ1) is 9.70. The third kappa shape index (κ3) is 3.32. The minimum Gasteiger partial charge on any atom is -0.326 e. The van der Waals surface area contributed by atoms with E-state index in [-0.39, 0.29) is 5.91 Å². The Morgan fingerprint density at radius 3 is 2.80 bits per heavy atom. The van der Waals surface area contributed by atoms with Gasteiger partial charge in [0.05, 0.1) is 0 Å². The van der Waals surface area contributed by atoms with Gasteiger partial charge in [-0.15, -0.1) is 0 Å². The van der Waals surface area contributed by atoms with Gasteiger partial charge in [0.25, 0.3) is 0 Å². The van der Waals surface area contributed by atoms with Crippen LogP contribution >= 0.6 is 11.6 Å². The highest BCUT2D eigenvalue weighted by Crippen LogP contribution is 2.26. The molecule has 1 amide bonds. The van der Waals surface area contributed by atoms with E-state index in [4.69, 9.17) is 11.6 Å². The second-order valence-corrected chi connectivity index (χ2v) is 6.18. The fraction of sp³-hybridized carbons (Fsp3) is 0.533. The molecule has 0 aromatic heterocycles. The van der Waals surface area contributed by atoms with Crippen molar-refractivity contribution in [3.63, 3.8) is 0 Å². The van der Waals surface area contributed by atoms with Crippen LogP contribution in [0.3, 0.4) is 0 Å². The number of nitrogens with zero attached hydrogens (tertiary/aromatic N) is 1. The Labute approximate surface area is 124 Å². The Morgan fingerprint density at radius 1 is 1.35 bits per heavy atom. The first kappa shape index (κ1) is 13.9. The van der Waals surface area contributed by atoms with Crippen molar-refractivity contribution in [2.24, 2.45) is 11.8 Å². The number of amides is 1. The molecule has 0 radical (unpaired) electrons. The lowest BCUT2D eigenvalue weighted by atomic mass is 10.0. The van der Waals surface area contributed by atoms with Crippen LogP contribution in [0.2, 0.25) is 5.02 Å². The standard InChI is InChI=1S/C15H20ClN3O/c16-13-2-1-3-14(6-13)18-15(20)4-5-19-9-11-7-17-8-12(11)10-19/h1-3,6,11-12,17H,4-5,7-10H2,(H,18,20)/t11-,12+. The summed E-state index contributed by atoms with van der Waals surface area (Å²) >= 11 is 5.90. The summed E-state index contributed by atoms with van der Waals surface area (Å²) in [6.45, 7) is 5.37. The molecule has 4 nitrogen and oxygen atoms in total. The highest BCUT2D eigenvalue weighted by molar-refractivity contribution is 6.30. The Balaban J connectivity index is 1.43. The maximum absolute atomic E-state index is 11.9. The van der Waals surface area contributed by atoms with Crippen molar-refractivity contribution in [1.29, 1.82) is 0 Å². The average Bonchev–Trinajstić information content (AvgIpc) is 2.97. The number of rotatable bonds is 4. The number of likely N-dealkylation sites (tertiary alicyclic amines) is 1. The molecule has 2 saturated heterocycles. The SMILES string of the molecule is O=C(CCN1C[C@H]2CNC[C@H]2C1)Nc1cccc(Cl)c1. The predicted octanol–water partition coefficient (Wildman–Crippen LogP) is 1.82. The van der Waals surface area contributed by atoms with Crippen LogP contribution in [0.5, 0.6) is 0 Å². The summed E-state index contributed by atoms with van der Waals surface area (Å²) in [6, 6.07) is 7.27. The Morgan fingerprint density at radius 2 is 2.10 bits per heavy atom. The van der Waals surface area contributed by atoms with E-state index in [1.807, 2.05) is 12.1 Å². The Kier molecular flexibility index (Phi) is 4.24. The molecule has 0 unspecified atom stereocenters. The summed E-state index contributed by atoms with van der Waals surface area (Å²) in [5.74, 6) is 1.62. The van der Waals surface area contributed by atoms with Crippen molar-refractivity contribution in [2.75, 3.05) is 38.0 Å². The summed E-state index contributed by atoms with van der Waals surface area (Å²) in [5, 5.41) is 6.97. The number of nitrogens with one attached hydrogen (secondary N) is 2. The minimum atomic E-state index is 0.0578. The van der Waals surface area contributed by atoms with E-state index in [2.05, 4.69) is 15.5 Å². The molecule has 3 rings (SSSR count). The fourth-order valence-electron chi connectivity index (χ4n) is 3.18. The van der Waals surface area contributed by atoms with Crippen molar-refractivity contribution >= 4 is 23.2 Å². The van der Waals surface area contributed by atoms with Gasteiger partial charge in [0.1, 0.15) is 0 Å². The predicted molar refractivity (Wildman–Crippen MR) is 81.0 cm³/mol. The lowest BCUT2D eigenvalue weighted by molar-refractivity contribution is -0.116. The van der Waals surface area contributed by atoms with Gasteiger partial charge in [-0.05, 0) is 43.1 Å². The molecule has 0 aliphatic carbocycles. The van der Waals surface area contributed by atoms with E-state index in [9.17, 15) is 4.79 Å². The number of fused-ring (bicyclic) bond motifs is 1. The van der Waals surface area contributed by atoms with E-state index in [1.165, 1.54) is 0 Å². The van der Waals surface area contributed by atoms with E-state index < -0.39 is 0 Å². The number of hydrogen-bond acceptors (Lipinski definition) is 3. The zero-order valence-corrected chi connectivity index (χ0v) is 12.2. The molecule has 2 aliphatic heterocycles. The molecule has 2 fully saturated rings. The first-order valence-corrected chi connectivity index (χ1v) is 7.57. The van der Waals surface area contributed by atoms with Crippen LogP contribution < -0.4 is 10.6 Å². The smallest absolute Gasteiger partial charge is 0.225 e. The van der Waals surface area contributed by atoms with Crippen molar-refractivity contribution in [3.05, 3.63) is 29.3 Å². The first-order valence-electron chi connectivity index (χ1n) is 7.19. The lowest BCUT2D eigenvalue weighted by Gasteiger charge is -2.16. The van der Waals surface area contributed by atoms with Crippen molar-refractivity contribution in [1.82, 2.24) is 10.2 Å². The van der Waals surface area contributed by atoms with Gasteiger partial charge in [0.15, 0.2) is 0 Å². The second-order valence-electron chi connectivity index (χ2n) is 5.75. The van der Waals surface area contributed by atoms with Gasteiger partial charge < -0.3 is 15.5 Å². The molecule has 2 aliphatic rings. The summed E-state index contributed by atoms with van der Waals surface area (Å²) < 4.78 is 0. The molecule has 0 spiro atoms. The van der Waals surface area contributed by atoms with Gasteiger partial charge in [0, 0.05) is 36.8 Å². The highest BCUT2D eigenvalue weighted by Gasteiger charge is 2.35. The molecule has 0 bridgehead atoms. The molecular formula is C15H20ClN3O. The van der Waals surface area contributed by atoms with E-state index in [0.29, 0.717) is 11.4 Å². The lowest BCUT2D eigenvalue weighted by Crippen LogP contribution is -2.29. The quantitative estimate of drug-likeness (QED) is 0.890. The Hall–Kier alpha value is -1.10. The monoisotopic (exact) mass is 293 g/mol. The van der Waals surface area contributed by atoms with Crippen LogP contribution in [0.15, 0.2) is 24.3 Å². The molecule has 20 heavy (non-hydrogen) atoms. The molecule has 2 atom stereocenters. The molecule has 5 heteroatoms. The average molecular weight is 294 g/mol. The molecular weight excluding hydrogens is 274 g/mol. The van der Waals surface area contributed by atoms with E-state index >= 15 is 0 Å². The second kappa shape index (κ2) is 6.12. The van der Waals surface area contributed by atoms with Crippen molar-refractivity contribution in [3.8, 4) is 0 Å². The van der Waals surface area contributed by atoms with Crippen molar-refractivity contribution in [2.45, 2.75) is 6.42 Å². The Bertz CT molecular complexity index is 482. The normalized spacial score (nSPS) is 25.6. The fourth-order valence-corrected chi connectivity index (χ4v) is 3.37. The van der Waals surface area contributed by atoms with Crippen molar-refractivity contribution < 1.29 is 4.79 Å². The highest BCUT2D eigenvalue weighted by atomic mass is 35.5. The van der Waals surface area contributed by atoms with Crippen LogP contribution in [-0.4, -0.2) is 43.5 Å². The number of hydrogen-bond donors (Lipinski definition) is 2. The topological polar surface area (TPSA) is 44.4 Å². The molecule has 1 aromatic carbocycles. The zero-order valence-electron chi connectivity index (χ0n) is 11.4. The number of halogens is 1. The summed E-state index contributed by atoms with van der Waals surface area (Å²) in [7, 11) is 0. The van der Waals surface area contributed by atoms with Crippen LogP contribution in [-0.2, 0) is 4.79 Å². The number of anilines is 1. The third-order valence-corrected chi connectivity index (χ3v) is 4.46. The summed E-state index contributed by atoms with van der Waals surface area (Å²) in [4.78, 5) is 14.3. The largest absolute Gasteiger partial charge is 0.326 e. The van der Waals surface area contributed by atoms with Crippen LogP contribution in [0, 0.1) is 11.8 Å². The van der Waals surface area contributed by atoms with E-state index in [1.54, 1.807) is 12.1 Å². The number of benzene rings is 1. The van der Waals surface area contributed by atoms with Gasteiger partial charge in [0.2, 0.25) is 5.91 Å². The maximum Gasteiger partial charge on any atom is 0.225 e. The van der Waals surface area contributed by atoms with Crippen LogP contribution in [0.4, 0.5) is 5.69 Å². The summed E-state index contributed by atoms with van der Waals surface area (Å²) in [5.41, 5.74) is 0.769. The van der Waals surface area contributed by atoms with Gasteiger partial charge in [-0.1, -0.05) is 17.7 Å². The summed E-state index contributed by atoms with van der Waals surface area (Å²) in [6.07, 6.45) is 0.541. The van der Waals surface area contributed by atoms with Gasteiger partial charge in [-0.2, -0.15) is 0 Å². The molecule has 0 saturated carbocycles.